The van der Waals surface area contributed by atoms with Gasteiger partial charge in [0.1, 0.15) is 5.60 Å². The molecule has 1 nitrogen and oxygen atoms in total. The third kappa shape index (κ3) is 4.22. The summed E-state index contributed by atoms with van der Waals surface area (Å²) in [5.41, 5.74) is 0.726. The quantitative estimate of drug-likeness (QED) is 0.236. The normalized spacial score (nSPS) is 16.8. The first-order valence-electron chi connectivity index (χ1n) is 11.2. The molecule has 0 saturated carbocycles. The monoisotopic (exact) mass is 542 g/mol. The van der Waals surface area contributed by atoms with E-state index in [4.69, 9.17) is 50.8 Å². The number of hydrogen-bond acceptors (Lipinski definition) is 1. The summed E-state index contributed by atoms with van der Waals surface area (Å²) >= 11 is 26.7. The SMILES string of the molecule is Clc1ccc(Cl)c(C2(c3cc(Cl)ccc3Cl)CCC[Si](c3ccccc3)(c3ccccc3)O2)c1. The number of hydrogen-bond donors (Lipinski definition) is 0. The molecule has 4 aromatic carbocycles. The van der Waals surface area contributed by atoms with Gasteiger partial charge in [0, 0.05) is 31.2 Å². The van der Waals surface area contributed by atoms with E-state index in [1.165, 1.54) is 10.4 Å². The van der Waals surface area contributed by atoms with Gasteiger partial charge >= 0.3 is 0 Å². The highest BCUT2D eigenvalue weighted by atomic mass is 35.5. The predicted molar refractivity (Wildman–Crippen MR) is 147 cm³/mol. The minimum Gasteiger partial charge on any atom is -0.394 e. The molecule has 172 valence electrons. The second-order valence-corrected chi connectivity index (χ2v) is 13.8. The van der Waals surface area contributed by atoms with Gasteiger partial charge in [0.05, 0.1) is 0 Å². The Balaban J connectivity index is 1.82. The second-order valence-electron chi connectivity index (χ2n) is 8.59. The van der Waals surface area contributed by atoms with E-state index in [0.717, 1.165) is 23.6 Å². The molecule has 1 aliphatic rings. The molecular weight excluding hydrogens is 522 g/mol. The lowest BCUT2D eigenvalue weighted by Crippen LogP contribution is -2.66. The maximum atomic E-state index is 7.53. The molecule has 1 saturated heterocycles. The first-order valence-corrected chi connectivity index (χ1v) is 14.8. The average Bonchev–Trinajstić information content (AvgIpc) is 2.88. The molecule has 1 fully saturated rings. The molecule has 4 aromatic rings. The van der Waals surface area contributed by atoms with Crippen molar-refractivity contribution in [1.82, 2.24) is 0 Å². The first-order chi connectivity index (χ1) is 16.4. The molecule has 0 aliphatic carbocycles. The summed E-state index contributed by atoms with van der Waals surface area (Å²) in [6, 6.07) is 33.1. The second kappa shape index (κ2) is 9.70. The van der Waals surface area contributed by atoms with Crippen molar-refractivity contribution in [3.63, 3.8) is 0 Å². The van der Waals surface area contributed by atoms with Gasteiger partial charge in [0.25, 0.3) is 8.32 Å². The van der Waals surface area contributed by atoms with Crippen molar-refractivity contribution < 1.29 is 4.43 Å². The Hall–Kier alpha value is -1.78. The molecule has 0 aromatic heterocycles. The Morgan fingerprint density at radius 3 is 1.56 bits per heavy atom. The molecule has 34 heavy (non-hydrogen) atoms. The largest absolute Gasteiger partial charge is 0.394 e. The van der Waals surface area contributed by atoms with Gasteiger partial charge in [-0.15, -0.1) is 0 Å². The fourth-order valence-electron chi connectivity index (χ4n) is 5.11. The van der Waals surface area contributed by atoms with Crippen LogP contribution >= 0.6 is 46.4 Å². The molecule has 5 rings (SSSR count). The zero-order valence-corrected chi connectivity index (χ0v) is 22.3. The van der Waals surface area contributed by atoms with Gasteiger partial charge in [-0.3, -0.25) is 0 Å². The van der Waals surface area contributed by atoms with Crippen LogP contribution < -0.4 is 10.4 Å². The first kappa shape index (κ1) is 23.9. The third-order valence-corrected chi connectivity index (χ3v) is 12.0. The topological polar surface area (TPSA) is 9.23 Å². The highest BCUT2D eigenvalue weighted by Crippen LogP contribution is 2.50. The van der Waals surface area contributed by atoms with Gasteiger partial charge in [0.15, 0.2) is 0 Å². The fraction of sp³-hybridized carbons (Fsp3) is 0.143. The van der Waals surface area contributed by atoms with Crippen molar-refractivity contribution in [2.45, 2.75) is 24.5 Å². The summed E-state index contributed by atoms with van der Waals surface area (Å²) in [5.74, 6) is 0. The van der Waals surface area contributed by atoms with E-state index in [0.29, 0.717) is 26.5 Å². The van der Waals surface area contributed by atoms with Crippen LogP contribution in [0.5, 0.6) is 0 Å². The van der Waals surface area contributed by atoms with Gasteiger partial charge in [-0.1, -0.05) is 107 Å². The van der Waals surface area contributed by atoms with Crippen molar-refractivity contribution >= 4 is 65.1 Å². The lowest BCUT2D eigenvalue weighted by atomic mass is 9.82. The molecule has 0 unspecified atom stereocenters. The lowest BCUT2D eigenvalue weighted by Gasteiger charge is -2.49. The number of halogens is 4. The Kier molecular flexibility index (Phi) is 6.83. The van der Waals surface area contributed by atoms with Crippen LogP contribution in [0.4, 0.5) is 0 Å². The Bertz CT molecular complexity index is 1220. The summed E-state index contributed by atoms with van der Waals surface area (Å²) in [6.45, 7) is 0. The van der Waals surface area contributed by atoms with E-state index in [1.54, 1.807) is 12.1 Å². The van der Waals surface area contributed by atoms with Crippen molar-refractivity contribution in [2.24, 2.45) is 0 Å². The maximum absolute atomic E-state index is 7.53. The highest BCUT2D eigenvalue weighted by Gasteiger charge is 2.53. The van der Waals surface area contributed by atoms with Gasteiger partial charge < -0.3 is 4.43 Å². The Labute approximate surface area is 221 Å². The summed E-state index contributed by atoms with van der Waals surface area (Å²) in [7, 11) is -2.72. The number of rotatable bonds is 4. The molecule has 0 atom stereocenters. The Morgan fingerprint density at radius 2 is 1.09 bits per heavy atom. The van der Waals surface area contributed by atoms with E-state index in [2.05, 4.69) is 48.5 Å². The van der Waals surface area contributed by atoms with Gasteiger partial charge in [-0.05, 0) is 65.7 Å². The molecule has 1 heterocycles. The van der Waals surface area contributed by atoms with Gasteiger partial charge in [-0.2, -0.15) is 0 Å². The van der Waals surface area contributed by atoms with E-state index >= 15 is 0 Å². The highest BCUT2D eigenvalue weighted by molar-refractivity contribution is 6.97. The van der Waals surface area contributed by atoms with Crippen LogP contribution in [0.2, 0.25) is 26.1 Å². The van der Waals surface area contributed by atoms with E-state index < -0.39 is 13.9 Å². The molecule has 0 bridgehead atoms. The molecule has 1 aliphatic heterocycles. The summed E-state index contributed by atoms with van der Waals surface area (Å²) in [6.07, 6.45) is 1.64. The predicted octanol–water partition coefficient (Wildman–Crippen LogP) is 8.11. The van der Waals surface area contributed by atoms with Crippen LogP contribution in [0.15, 0.2) is 97.1 Å². The zero-order chi connectivity index (χ0) is 23.8. The van der Waals surface area contributed by atoms with Gasteiger partial charge in [-0.25, -0.2) is 0 Å². The minimum atomic E-state index is -2.72. The van der Waals surface area contributed by atoms with E-state index in [1.807, 2.05) is 36.4 Å². The third-order valence-electron chi connectivity index (χ3n) is 6.61. The molecule has 0 radical (unpaired) electrons. The summed E-state index contributed by atoms with van der Waals surface area (Å²) in [5, 5.41) is 4.79. The molecule has 0 spiro atoms. The molecule has 0 amide bonds. The molecule has 6 heteroatoms. The van der Waals surface area contributed by atoms with Crippen LogP contribution in [0.25, 0.3) is 0 Å². The van der Waals surface area contributed by atoms with Crippen LogP contribution in [0.3, 0.4) is 0 Å². The van der Waals surface area contributed by atoms with Crippen LogP contribution in [0.1, 0.15) is 24.0 Å². The van der Waals surface area contributed by atoms with Crippen LogP contribution in [-0.4, -0.2) is 8.32 Å². The zero-order valence-electron chi connectivity index (χ0n) is 18.3. The summed E-state index contributed by atoms with van der Waals surface area (Å²) < 4.78 is 7.53. The van der Waals surface area contributed by atoms with Crippen molar-refractivity contribution in [3.05, 3.63) is 128 Å². The number of benzene rings is 4. The lowest BCUT2D eigenvalue weighted by molar-refractivity contribution is 0.0777. The van der Waals surface area contributed by atoms with Crippen LogP contribution in [0, 0.1) is 0 Å². The van der Waals surface area contributed by atoms with E-state index in [9.17, 15) is 0 Å². The molecule has 0 N–H and O–H groups in total. The molecular formula is C28H22Cl4OSi. The van der Waals surface area contributed by atoms with Crippen molar-refractivity contribution in [1.29, 1.82) is 0 Å². The maximum Gasteiger partial charge on any atom is 0.257 e. The average molecular weight is 544 g/mol. The van der Waals surface area contributed by atoms with Crippen molar-refractivity contribution in [2.75, 3.05) is 0 Å². The minimum absolute atomic E-state index is 0.589. The van der Waals surface area contributed by atoms with Gasteiger partial charge in [0.2, 0.25) is 0 Å². The fourth-order valence-corrected chi connectivity index (χ4v) is 10.3. The van der Waals surface area contributed by atoms with E-state index in [-0.39, 0.29) is 0 Å². The standard InChI is InChI=1S/C28H22Cl4OSi/c29-20-12-14-26(31)24(18-20)28(25-19-21(30)13-15-27(25)32)16-7-17-34(33-28,22-8-3-1-4-9-22)23-10-5-2-6-11-23/h1-6,8-15,18-19H,7,16-17H2. The summed E-state index contributed by atoms with van der Waals surface area (Å²) in [4.78, 5) is 0. The Morgan fingerprint density at radius 1 is 0.618 bits per heavy atom. The van der Waals surface area contributed by atoms with Crippen LogP contribution in [-0.2, 0) is 10.0 Å². The van der Waals surface area contributed by atoms with Crippen molar-refractivity contribution in [3.8, 4) is 0 Å². The smallest absolute Gasteiger partial charge is 0.257 e.